The van der Waals surface area contributed by atoms with E-state index in [4.69, 9.17) is 16.0 Å². The zero-order valence-electron chi connectivity index (χ0n) is 19.9. The normalized spacial score (nSPS) is 12.5. The first kappa shape index (κ1) is 25.9. The second-order valence-electron chi connectivity index (χ2n) is 8.43. The predicted molar refractivity (Wildman–Crippen MR) is 146 cm³/mol. The number of sulfone groups is 1. The van der Waals surface area contributed by atoms with Gasteiger partial charge in [-0.1, -0.05) is 53.3 Å². The van der Waals surface area contributed by atoms with Crippen LogP contribution in [0.25, 0.3) is 11.0 Å². The van der Waals surface area contributed by atoms with E-state index in [1.807, 2.05) is 0 Å². The number of fused-ring (bicyclic) bond motifs is 1. The number of halogens is 1. The molecular weight excluding hydrogens is 548 g/mol. The maximum Gasteiger partial charge on any atom is 0.217 e. The number of aromatic hydroxyl groups is 1. The van der Waals surface area contributed by atoms with Crippen molar-refractivity contribution in [1.82, 2.24) is 4.98 Å². The monoisotopic (exact) mass is 568 g/mol. The summed E-state index contributed by atoms with van der Waals surface area (Å²) in [4.78, 5) is 19.6. The topological polar surface area (TPSA) is 121 Å². The van der Waals surface area contributed by atoms with Crippen molar-refractivity contribution >= 4 is 48.9 Å². The first-order valence-electron chi connectivity index (χ1n) is 11.4. The van der Waals surface area contributed by atoms with Gasteiger partial charge in [-0.3, -0.25) is 4.79 Å². The molecule has 0 aliphatic heterocycles. The number of benzene rings is 3. The number of hydrogen-bond donors (Lipinski definition) is 2. The summed E-state index contributed by atoms with van der Waals surface area (Å²) < 4.78 is 32.3. The number of aryl methyl sites for hydroxylation is 1. The first-order valence-corrected chi connectivity index (χ1v) is 14.0. The van der Waals surface area contributed by atoms with Crippen molar-refractivity contribution in [2.45, 2.75) is 22.1 Å². The molecule has 5 rings (SSSR count). The Morgan fingerprint density at radius 2 is 1.84 bits per heavy atom. The average Bonchev–Trinajstić information content (AvgIpc) is 3.39. The Hall–Kier alpha value is -3.70. The van der Waals surface area contributed by atoms with Gasteiger partial charge < -0.3 is 19.5 Å². The van der Waals surface area contributed by atoms with Crippen LogP contribution in [-0.4, -0.2) is 30.3 Å². The van der Waals surface area contributed by atoms with Gasteiger partial charge in [0.25, 0.3) is 0 Å². The number of aliphatic hydroxyl groups excluding tert-OH is 1. The van der Waals surface area contributed by atoms with E-state index in [1.165, 1.54) is 41.4 Å². The second-order valence-corrected chi connectivity index (χ2v) is 12.1. The summed E-state index contributed by atoms with van der Waals surface area (Å²) in [6.45, 7) is 1.02. The molecule has 2 aromatic heterocycles. The molecular formula is C27H21ClN2O6S2. The summed E-state index contributed by atoms with van der Waals surface area (Å²) in [5.41, 5.74) is 0.605. The maximum absolute atomic E-state index is 13.8. The number of hydrogen-bond acceptors (Lipinski definition) is 9. The van der Waals surface area contributed by atoms with Gasteiger partial charge in [0.1, 0.15) is 28.0 Å². The highest BCUT2D eigenvalue weighted by molar-refractivity contribution is 7.93. The van der Waals surface area contributed by atoms with Gasteiger partial charge in [-0.25, -0.2) is 13.4 Å². The molecule has 5 aromatic rings. The van der Waals surface area contributed by atoms with Crippen LogP contribution in [0.1, 0.15) is 22.9 Å². The standard InChI is InChI=1S/C27H21ClN2O6S2/c1-16-24(26(33)21-11-10-19(32)13-22(21)36-16)25(17-6-5-7-18(28)12-17)30(15-31)27-29-14-23(37-27)38(34,35)20-8-3-2-4-9-20/h2-14,25,31-32H,15H2,1H3. The Morgan fingerprint density at radius 3 is 2.55 bits per heavy atom. The van der Waals surface area contributed by atoms with E-state index in [0.29, 0.717) is 10.6 Å². The number of nitrogens with zero attached hydrogens (tertiary/aromatic N) is 2. The Bertz CT molecular complexity index is 1800. The van der Waals surface area contributed by atoms with Crippen LogP contribution in [0, 0.1) is 6.92 Å². The number of rotatable bonds is 7. The number of anilines is 1. The lowest BCUT2D eigenvalue weighted by Crippen LogP contribution is -2.34. The predicted octanol–water partition coefficient (Wildman–Crippen LogP) is 5.30. The van der Waals surface area contributed by atoms with Crippen molar-refractivity contribution < 1.29 is 23.0 Å². The van der Waals surface area contributed by atoms with Crippen LogP contribution in [-0.2, 0) is 9.84 Å². The van der Waals surface area contributed by atoms with Gasteiger partial charge in [-0.15, -0.1) is 0 Å². The molecule has 194 valence electrons. The molecule has 0 amide bonds. The van der Waals surface area contributed by atoms with Crippen LogP contribution < -0.4 is 10.3 Å². The molecule has 38 heavy (non-hydrogen) atoms. The van der Waals surface area contributed by atoms with Crippen molar-refractivity contribution in [2.75, 3.05) is 11.6 Å². The highest BCUT2D eigenvalue weighted by atomic mass is 35.5. The van der Waals surface area contributed by atoms with Gasteiger partial charge in [0.05, 0.1) is 28.1 Å². The molecule has 2 heterocycles. The fourth-order valence-electron chi connectivity index (χ4n) is 4.28. The van der Waals surface area contributed by atoms with E-state index in [1.54, 1.807) is 49.4 Å². The lowest BCUT2D eigenvalue weighted by Gasteiger charge is -2.30. The van der Waals surface area contributed by atoms with Gasteiger partial charge >= 0.3 is 0 Å². The molecule has 1 atom stereocenters. The Kier molecular flexibility index (Phi) is 6.97. The average molecular weight is 569 g/mol. The van der Waals surface area contributed by atoms with Crippen molar-refractivity contribution in [1.29, 1.82) is 0 Å². The van der Waals surface area contributed by atoms with Gasteiger partial charge in [-0.2, -0.15) is 0 Å². The van der Waals surface area contributed by atoms with Crippen LogP contribution in [0.2, 0.25) is 5.02 Å². The summed E-state index contributed by atoms with van der Waals surface area (Å²) in [5.74, 6) is 0.205. The molecule has 0 aliphatic rings. The molecule has 2 N–H and O–H groups in total. The minimum absolute atomic E-state index is 0.0141. The molecule has 11 heteroatoms. The Morgan fingerprint density at radius 1 is 1.08 bits per heavy atom. The number of phenolic OH excluding ortho intramolecular Hbond substituents is 1. The third kappa shape index (κ3) is 4.67. The van der Waals surface area contributed by atoms with E-state index in [2.05, 4.69) is 4.98 Å². The van der Waals surface area contributed by atoms with Gasteiger partial charge in [0.2, 0.25) is 9.84 Å². The number of phenols is 1. The van der Waals surface area contributed by atoms with Crippen molar-refractivity contribution in [3.63, 3.8) is 0 Å². The SMILES string of the molecule is Cc1oc2cc(O)ccc2c(=O)c1C(c1cccc(Cl)c1)N(CO)c1ncc(S(=O)(=O)c2ccccc2)s1. The molecule has 0 saturated carbocycles. The molecule has 0 aliphatic carbocycles. The summed E-state index contributed by atoms with van der Waals surface area (Å²) in [7, 11) is -3.85. The molecule has 8 nitrogen and oxygen atoms in total. The molecule has 0 spiro atoms. The van der Waals surface area contributed by atoms with Crippen LogP contribution >= 0.6 is 22.9 Å². The molecule has 0 fully saturated rings. The van der Waals surface area contributed by atoms with Crippen LogP contribution in [0.15, 0.2) is 97.3 Å². The van der Waals surface area contributed by atoms with E-state index in [-0.39, 0.29) is 47.7 Å². The van der Waals surface area contributed by atoms with Crippen molar-refractivity contribution in [2.24, 2.45) is 0 Å². The van der Waals surface area contributed by atoms with Crippen LogP contribution in [0.4, 0.5) is 5.13 Å². The minimum atomic E-state index is -3.85. The highest BCUT2D eigenvalue weighted by Crippen LogP contribution is 2.38. The van der Waals surface area contributed by atoms with Crippen LogP contribution in [0.5, 0.6) is 5.75 Å². The summed E-state index contributed by atoms with van der Waals surface area (Å²) in [6.07, 6.45) is 1.23. The number of aliphatic hydroxyl groups is 1. The summed E-state index contributed by atoms with van der Waals surface area (Å²) in [5, 5.41) is 21.2. The van der Waals surface area contributed by atoms with E-state index in [0.717, 1.165) is 11.3 Å². The smallest absolute Gasteiger partial charge is 0.217 e. The van der Waals surface area contributed by atoms with Gasteiger partial charge in [0.15, 0.2) is 10.6 Å². The molecule has 3 aromatic carbocycles. The quantitative estimate of drug-likeness (QED) is 0.254. The van der Waals surface area contributed by atoms with Gasteiger partial charge in [0, 0.05) is 11.1 Å². The van der Waals surface area contributed by atoms with Crippen LogP contribution in [0.3, 0.4) is 0 Å². The third-order valence-corrected chi connectivity index (χ3v) is 9.54. The summed E-state index contributed by atoms with van der Waals surface area (Å²) >= 11 is 7.17. The van der Waals surface area contributed by atoms with E-state index < -0.39 is 22.6 Å². The van der Waals surface area contributed by atoms with E-state index >= 15 is 0 Å². The zero-order chi connectivity index (χ0) is 27.0. The summed E-state index contributed by atoms with van der Waals surface area (Å²) in [6, 6.07) is 18.0. The molecule has 0 saturated heterocycles. The second kappa shape index (κ2) is 10.2. The fraction of sp³-hybridized carbons (Fsp3) is 0.111. The largest absolute Gasteiger partial charge is 0.508 e. The van der Waals surface area contributed by atoms with Crippen molar-refractivity contribution in [3.8, 4) is 5.75 Å². The van der Waals surface area contributed by atoms with Crippen molar-refractivity contribution in [3.05, 3.63) is 111 Å². The number of thiazole rings is 1. The Balaban J connectivity index is 1.70. The van der Waals surface area contributed by atoms with Gasteiger partial charge in [-0.05, 0) is 48.9 Å². The highest BCUT2D eigenvalue weighted by Gasteiger charge is 2.32. The lowest BCUT2D eigenvalue weighted by atomic mass is 9.95. The molecule has 1 unspecified atom stereocenters. The first-order chi connectivity index (χ1) is 18.2. The minimum Gasteiger partial charge on any atom is -0.508 e. The lowest BCUT2D eigenvalue weighted by molar-refractivity contribution is 0.281. The maximum atomic E-state index is 13.8. The number of aromatic nitrogens is 1. The van der Waals surface area contributed by atoms with E-state index in [9.17, 15) is 23.4 Å². The fourth-order valence-corrected chi connectivity index (χ4v) is 7.04. The molecule has 0 bridgehead atoms. The third-order valence-electron chi connectivity index (χ3n) is 6.04. The molecule has 0 radical (unpaired) electrons. The zero-order valence-corrected chi connectivity index (χ0v) is 22.3. The Labute approximate surface area is 226 Å².